The number of benzene rings is 1. The van der Waals surface area contributed by atoms with E-state index in [0.717, 1.165) is 31.2 Å². The monoisotopic (exact) mass is 367 g/mol. The fraction of sp³-hybridized carbons (Fsp3) is 0.579. The topological polar surface area (TPSA) is 84.2 Å². The number of carbonyl (C=O) groups excluding carboxylic acids is 2. The van der Waals surface area contributed by atoms with Crippen LogP contribution in [-0.2, 0) is 11.3 Å². The van der Waals surface area contributed by atoms with Gasteiger partial charge in [0.05, 0.1) is 0 Å². The zero-order chi connectivity index (χ0) is 17.5. The van der Waals surface area contributed by atoms with E-state index in [9.17, 15) is 9.59 Å². The van der Waals surface area contributed by atoms with Crippen molar-refractivity contribution >= 4 is 24.2 Å². The van der Waals surface area contributed by atoms with E-state index < -0.39 is 0 Å². The third-order valence-corrected chi connectivity index (χ3v) is 4.83. The molecule has 1 saturated carbocycles. The van der Waals surface area contributed by atoms with E-state index in [4.69, 9.17) is 5.73 Å². The van der Waals surface area contributed by atoms with Gasteiger partial charge in [-0.1, -0.05) is 25.5 Å². The molecule has 140 valence electrons. The van der Waals surface area contributed by atoms with Crippen molar-refractivity contribution in [3.05, 3.63) is 35.4 Å². The van der Waals surface area contributed by atoms with Crippen molar-refractivity contribution in [1.29, 1.82) is 0 Å². The molecule has 1 aromatic carbocycles. The van der Waals surface area contributed by atoms with Crippen LogP contribution in [0.5, 0.6) is 0 Å². The lowest BCUT2D eigenvalue weighted by molar-refractivity contribution is -0.122. The predicted molar refractivity (Wildman–Crippen MR) is 103 cm³/mol. The molecule has 2 rings (SSSR count). The molecule has 0 heterocycles. The second-order valence-electron chi connectivity index (χ2n) is 6.82. The summed E-state index contributed by atoms with van der Waals surface area (Å²) in [5.74, 6) is 0.263. The summed E-state index contributed by atoms with van der Waals surface area (Å²) in [5, 5.41) is 5.89. The van der Waals surface area contributed by atoms with Gasteiger partial charge in [-0.15, -0.1) is 12.4 Å². The van der Waals surface area contributed by atoms with Gasteiger partial charge in [-0.05, 0) is 49.8 Å². The van der Waals surface area contributed by atoms with Crippen LogP contribution in [0.15, 0.2) is 24.3 Å². The first-order valence-corrected chi connectivity index (χ1v) is 8.91. The zero-order valence-corrected chi connectivity index (χ0v) is 15.9. The number of halogens is 1. The summed E-state index contributed by atoms with van der Waals surface area (Å²) >= 11 is 0. The standard InChI is InChI=1S/C19H29N3O2.ClH/c1-3-13(2)22-19(24)16-8-4-6-14(10-16)12-21-18(23)11-15-7-5-9-17(15)20;/h4,6,8,10,13,15,17H,3,5,7,9,11-12,20H2,1-2H3,(H,21,23)(H,22,24);1H/t13?,15-,17+;/m0./s1. The summed E-state index contributed by atoms with van der Waals surface area (Å²) in [4.78, 5) is 24.2. The van der Waals surface area contributed by atoms with Gasteiger partial charge >= 0.3 is 0 Å². The minimum atomic E-state index is -0.0746. The summed E-state index contributed by atoms with van der Waals surface area (Å²) in [7, 11) is 0. The molecule has 1 unspecified atom stereocenters. The molecule has 2 amide bonds. The van der Waals surface area contributed by atoms with Gasteiger partial charge in [-0.3, -0.25) is 9.59 Å². The Kier molecular flexibility index (Phi) is 8.93. The second-order valence-corrected chi connectivity index (χ2v) is 6.82. The summed E-state index contributed by atoms with van der Waals surface area (Å²) < 4.78 is 0. The van der Waals surface area contributed by atoms with E-state index in [-0.39, 0.29) is 36.3 Å². The number of hydrogen-bond acceptors (Lipinski definition) is 3. The van der Waals surface area contributed by atoms with Crippen LogP contribution in [0.3, 0.4) is 0 Å². The molecule has 6 heteroatoms. The van der Waals surface area contributed by atoms with Gasteiger partial charge in [-0.25, -0.2) is 0 Å². The molecule has 1 aromatic rings. The van der Waals surface area contributed by atoms with Crippen molar-refractivity contribution in [1.82, 2.24) is 10.6 Å². The van der Waals surface area contributed by atoms with E-state index in [2.05, 4.69) is 10.6 Å². The van der Waals surface area contributed by atoms with Gasteiger partial charge in [0.25, 0.3) is 5.91 Å². The van der Waals surface area contributed by atoms with E-state index in [1.54, 1.807) is 6.07 Å². The van der Waals surface area contributed by atoms with Crippen LogP contribution in [0, 0.1) is 5.92 Å². The van der Waals surface area contributed by atoms with Crippen LogP contribution in [0.1, 0.15) is 61.9 Å². The quantitative estimate of drug-likeness (QED) is 0.692. The first-order chi connectivity index (χ1) is 11.5. The molecule has 0 radical (unpaired) electrons. The molecular weight excluding hydrogens is 338 g/mol. The molecule has 0 saturated heterocycles. The van der Waals surface area contributed by atoms with Gasteiger partial charge in [0.2, 0.25) is 5.91 Å². The first kappa shape index (κ1) is 21.5. The molecule has 25 heavy (non-hydrogen) atoms. The Labute approximate surface area is 156 Å². The number of carbonyl (C=O) groups is 2. The van der Waals surface area contributed by atoms with Crippen molar-refractivity contribution in [3.8, 4) is 0 Å². The molecular formula is C19H30ClN3O2. The average Bonchev–Trinajstić information content (AvgIpc) is 2.98. The summed E-state index contributed by atoms with van der Waals surface area (Å²) in [6.45, 7) is 4.45. The minimum absolute atomic E-state index is 0. The van der Waals surface area contributed by atoms with E-state index in [1.807, 2.05) is 32.0 Å². The summed E-state index contributed by atoms with van der Waals surface area (Å²) in [6.07, 6.45) is 4.57. The largest absolute Gasteiger partial charge is 0.352 e. The molecule has 0 bridgehead atoms. The number of nitrogens with one attached hydrogen (secondary N) is 2. The lowest BCUT2D eigenvalue weighted by Gasteiger charge is -2.15. The Morgan fingerprint density at radius 1 is 1.32 bits per heavy atom. The molecule has 1 aliphatic carbocycles. The average molecular weight is 368 g/mol. The van der Waals surface area contributed by atoms with Gasteiger partial charge in [0, 0.05) is 30.6 Å². The SMILES string of the molecule is CCC(C)NC(=O)c1cccc(CNC(=O)C[C@@H]2CCC[C@H]2N)c1.Cl. The molecule has 1 fully saturated rings. The van der Waals surface area contributed by atoms with E-state index in [0.29, 0.717) is 24.4 Å². The lowest BCUT2D eigenvalue weighted by atomic mass is 10.00. The third-order valence-electron chi connectivity index (χ3n) is 4.83. The maximum absolute atomic E-state index is 12.2. The smallest absolute Gasteiger partial charge is 0.251 e. The predicted octanol–water partition coefficient (Wildman–Crippen LogP) is 2.77. The highest BCUT2D eigenvalue weighted by Crippen LogP contribution is 2.26. The Morgan fingerprint density at radius 3 is 2.72 bits per heavy atom. The zero-order valence-electron chi connectivity index (χ0n) is 15.1. The van der Waals surface area contributed by atoms with Crippen LogP contribution in [0.4, 0.5) is 0 Å². The molecule has 0 aliphatic heterocycles. The van der Waals surface area contributed by atoms with Crippen LogP contribution in [0.25, 0.3) is 0 Å². The number of hydrogen-bond donors (Lipinski definition) is 3. The Bertz CT molecular complexity index is 580. The molecule has 0 spiro atoms. The molecule has 0 aromatic heterocycles. The number of rotatable bonds is 7. The summed E-state index contributed by atoms with van der Waals surface area (Å²) in [5.41, 5.74) is 7.57. The van der Waals surface area contributed by atoms with Crippen LogP contribution >= 0.6 is 12.4 Å². The van der Waals surface area contributed by atoms with E-state index >= 15 is 0 Å². The lowest BCUT2D eigenvalue weighted by Crippen LogP contribution is -2.32. The first-order valence-electron chi connectivity index (χ1n) is 8.91. The van der Waals surface area contributed by atoms with Crippen molar-refractivity contribution in [2.75, 3.05) is 0 Å². The fourth-order valence-electron chi connectivity index (χ4n) is 3.06. The van der Waals surface area contributed by atoms with Crippen LogP contribution in [-0.4, -0.2) is 23.9 Å². The Morgan fingerprint density at radius 2 is 2.08 bits per heavy atom. The second kappa shape index (κ2) is 10.4. The van der Waals surface area contributed by atoms with Crippen molar-refractivity contribution < 1.29 is 9.59 Å². The number of nitrogens with two attached hydrogens (primary N) is 1. The van der Waals surface area contributed by atoms with Crippen LogP contribution in [0.2, 0.25) is 0 Å². The molecule has 5 nitrogen and oxygen atoms in total. The Balaban J connectivity index is 0.00000312. The molecule has 3 atom stereocenters. The van der Waals surface area contributed by atoms with Gasteiger partial charge in [0.15, 0.2) is 0 Å². The molecule has 4 N–H and O–H groups in total. The van der Waals surface area contributed by atoms with Crippen molar-refractivity contribution in [2.24, 2.45) is 11.7 Å². The maximum Gasteiger partial charge on any atom is 0.251 e. The van der Waals surface area contributed by atoms with Gasteiger partial charge in [0.1, 0.15) is 0 Å². The highest BCUT2D eigenvalue weighted by Gasteiger charge is 2.25. The van der Waals surface area contributed by atoms with E-state index in [1.165, 1.54) is 0 Å². The minimum Gasteiger partial charge on any atom is -0.352 e. The highest BCUT2D eigenvalue weighted by molar-refractivity contribution is 5.94. The fourth-order valence-corrected chi connectivity index (χ4v) is 3.06. The van der Waals surface area contributed by atoms with Crippen LogP contribution < -0.4 is 16.4 Å². The van der Waals surface area contributed by atoms with Gasteiger partial charge < -0.3 is 16.4 Å². The Hall–Kier alpha value is -1.59. The van der Waals surface area contributed by atoms with Gasteiger partial charge in [-0.2, -0.15) is 0 Å². The maximum atomic E-state index is 12.2. The number of amides is 2. The normalized spacial score (nSPS) is 20.4. The van der Waals surface area contributed by atoms with Crippen molar-refractivity contribution in [3.63, 3.8) is 0 Å². The summed E-state index contributed by atoms with van der Waals surface area (Å²) in [6, 6.07) is 7.70. The third kappa shape index (κ3) is 6.67. The molecule has 1 aliphatic rings. The highest BCUT2D eigenvalue weighted by atomic mass is 35.5. The van der Waals surface area contributed by atoms with Crippen molar-refractivity contribution in [2.45, 2.75) is 64.6 Å².